The highest BCUT2D eigenvalue weighted by Gasteiger charge is 2.41. The van der Waals surface area contributed by atoms with E-state index in [9.17, 15) is 23.2 Å². The molecule has 3 aliphatic rings. The number of rotatable bonds is 7. The number of piperazine rings is 1. The van der Waals surface area contributed by atoms with Crippen LogP contribution in [-0.2, 0) is 14.3 Å². The second-order valence-corrected chi connectivity index (χ2v) is 10.6. The molecule has 0 bridgehead atoms. The van der Waals surface area contributed by atoms with Crippen molar-refractivity contribution in [2.45, 2.75) is 43.4 Å². The van der Waals surface area contributed by atoms with Gasteiger partial charge in [0.2, 0.25) is 5.91 Å². The van der Waals surface area contributed by atoms with Crippen molar-refractivity contribution in [3.05, 3.63) is 71.0 Å². The van der Waals surface area contributed by atoms with E-state index in [1.54, 1.807) is 6.07 Å². The normalized spacial score (nSPS) is 22.4. The molecule has 0 radical (unpaired) electrons. The van der Waals surface area contributed by atoms with Gasteiger partial charge in [0.1, 0.15) is 18.0 Å². The molecule has 1 saturated carbocycles. The summed E-state index contributed by atoms with van der Waals surface area (Å²) in [5, 5.41) is 2.92. The summed E-state index contributed by atoms with van der Waals surface area (Å²) in [4.78, 5) is 43.5. The summed E-state index contributed by atoms with van der Waals surface area (Å²) in [5.74, 6) is -1.24. The molecule has 3 fully saturated rings. The van der Waals surface area contributed by atoms with E-state index >= 15 is 0 Å². The maximum atomic E-state index is 14.9. The number of nitrogens with one attached hydrogen (secondary N) is 1. The molecular formula is C29H34F2N4O4. The molecule has 3 unspecified atom stereocenters. The number of benzene rings is 2. The molecule has 2 saturated heterocycles. The number of halogens is 2. The Morgan fingerprint density at radius 1 is 1.03 bits per heavy atom. The zero-order chi connectivity index (χ0) is 27.5. The van der Waals surface area contributed by atoms with Crippen molar-refractivity contribution in [3.63, 3.8) is 0 Å². The number of likely N-dealkylation sites (tertiary alicyclic amines) is 1. The van der Waals surface area contributed by atoms with Gasteiger partial charge in [-0.2, -0.15) is 0 Å². The fraction of sp³-hybridized carbons (Fsp3) is 0.483. The van der Waals surface area contributed by atoms with Gasteiger partial charge >= 0.3 is 6.09 Å². The predicted molar refractivity (Wildman–Crippen MR) is 140 cm³/mol. The molecule has 2 heterocycles. The van der Waals surface area contributed by atoms with Crippen LogP contribution in [0.15, 0.2) is 48.5 Å². The number of hydrogen-bond donors (Lipinski definition) is 1. The topological polar surface area (TPSA) is 82.2 Å². The van der Waals surface area contributed by atoms with Gasteiger partial charge in [-0.15, -0.1) is 0 Å². The minimum Gasteiger partial charge on any atom is -0.439 e. The summed E-state index contributed by atoms with van der Waals surface area (Å²) in [6.45, 7) is 1.57. The first-order valence-corrected chi connectivity index (χ1v) is 13.5. The van der Waals surface area contributed by atoms with Crippen LogP contribution in [0.2, 0.25) is 0 Å². The molecule has 1 aliphatic carbocycles. The third kappa shape index (κ3) is 6.38. The van der Waals surface area contributed by atoms with Crippen LogP contribution in [0.25, 0.3) is 0 Å². The maximum Gasteiger partial charge on any atom is 0.410 e. The van der Waals surface area contributed by atoms with Crippen molar-refractivity contribution in [1.82, 2.24) is 20.0 Å². The van der Waals surface area contributed by atoms with Gasteiger partial charge in [-0.05, 0) is 48.6 Å². The van der Waals surface area contributed by atoms with E-state index in [-0.39, 0.29) is 24.7 Å². The molecule has 5 rings (SSSR count). The Labute approximate surface area is 226 Å². The summed E-state index contributed by atoms with van der Waals surface area (Å²) in [5.41, 5.74) is 1.97. The number of carbonyl (C=O) groups is 3. The van der Waals surface area contributed by atoms with E-state index in [4.69, 9.17) is 4.74 Å². The smallest absolute Gasteiger partial charge is 0.410 e. The Bertz CT molecular complexity index is 1200. The Hall–Kier alpha value is -3.53. The standard InChI is InChI=1S/C29H34F2N4O4/c1-33-11-13-34(14-12-33)29(38)39-18-26(36)35-17-22(30)16-25(35)28(37)32-27(20-5-3-2-4-6-20)21-9-10-23(19-7-8-19)24(31)15-21/h2-6,9-10,15,19,22,25,27H,7-8,11-14,16-18H2,1H3,(H,32,37). The molecule has 8 nitrogen and oxygen atoms in total. The second kappa shape index (κ2) is 11.7. The number of likely N-dealkylation sites (N-methyl/N-ethyl adjacent to an activating group) is 1. The van der Waals surface area contributed by atoms with Crippen molar-refractivity contribution in [1.29, 1.82) is 0 Å². The average molecular weight is 541 g/mol. The van der Waals surface area contributed by atoms with Crippen LogP contribution < -0.4 is 5.32 Å². The highest BCUT2D eigenvalue weighted by molar-refractivity contribution is 5.90. The monoisotopic (exact) mass is 540 g/mol. The van der Waals surface area contributed by atoms with Gasteiger partial charge in [-0.25, -0.2) is 13.6 Å². The van der Waals surface area contributed by atoms with Gasteiger partial charge in [0.05, 0.1) is 12.6 Å². The van der Waals surface area contributed by atoms with Crippen LogP contribution in [-0.4, -0.2) is 91.2 Å². The van der Waals surface area contributed by atoms with Crippen molar-refractivity contribution < 1.29 is 27.9 Å². The van der Waals surface area contributed by atoms with Crippen molar-refractivity contribution in [2.75, 3.05) is 46.4 Å². The Kier molecular flexibility index (Phi) is 8.11. The van der Waals surface area contributed by atoms with Gasteiger partial charge < -0.3 is 24.8 Å². The van der Waals surface area contributed by atoms with E-state index in [1.165, 1.54) is 11.0 Å². The highest BCUT2D eigenvalue weighted by Crippen LogP contribution is 2.42. The molecule has 2 aromatic carbocycles. The first-order valence-electron chi connectivity index (χ1n) is 13.5. The van der Waals surface area contributed by atoms with Crippen LogP contribution in [0.3, 0.4) is 0 Å². The zero-order valence-electron chi connectivity index (χ0n) is 22.0. The number of carbonyl (C=O) groups excluding carboxylic acids is 3. The lowest BCUT2D eigenvalue weighted by molar-refractivity contribution is -0.141. The molecule has 0 aromatic heterocycles. The van der Waals surface area contributed by atoms with E-state index < -0.39 is 42.8 Å². The van der Waals surface area contributed by atoms with Crippen molar-refractivity contribution in [3.8, 4) is 0 Å². The first-order chi connectivity index (χ1) is 18.8. The number of amides is 3. The molecule has 1 N–H and O–H groups in total. The second-order valence-electron chi connectivity index (χ2n) is 10.6. The Balaban J connectivity index is 1.27. The minimum atomic E-state index is -1.39. The van der Waals surface area contributed by atoms with E-state index in [1.807, 2.05) is 43.4 Å². The molecular weight excluding hydrogens is 506 g/mol. The van der Waals surface area contributed by atoms with Gasteiger partial charge in [0.25, 0.3) is 5.91 Å². The SMILES string of the molecule is CN1CCN(C(=O)OCC(=O)N2CC(F)CC2C(=O)NC(c2ccccc2)c2ccc(C3CC3)c(F)c2)CC1. The number of hydrogen-bond acceptors (Lipinski definition) is 5. The summed E-state index contributed by atoms with van der Waals surface area (Å²) in [6.07, 6.45) is -0.218. The quantitative estimate of drug-likeness (QED) is 0.583. The molecule has 208 valence electrons. The van der Waals surface area contributed by atoms with Crippen molar-refractivity contribution in [2.24, 2.45) is 0 Å². The zero-order valence-corrected chi connectivity index (χ0v) is 22.0. The third-order valence-corrected chi connectivity index (χ3v) is 7.75. The first kappa shape index (κ1) is 27.1. The van der Waals surface area contributed by atoms with Gasteiger partial charge in [-0.3, -0.25) is 9.59 Å². The summed E-state index contributed by atoms with van der Waals surface area (Å²) < 4.78 is 34.6. The highest BCUT2D eigenvalue weighted by atomic mass is 19.1. The lowest BCUT2D eigenvalue weighted by atomic mass is 9.96. The average Bonchev–Trinajstić information content (AvgIpc) is 3.70. The molecule has 0 spiro atoms. The maximum absolute atomic E-state index is 14.9. The molecule has 39 heavy (non-hydrogen) atoms. The van der Waals surface area contributed by atoms with E-state index in [2.05, 4.69) is 10.2 Å². The lowest BCUT2D eigenvalue weighted by Gasteiger charge is -2.32. The van der Waals surface area contributed by atoms with Crippen LogP contribution >= 0.6 is 0 Å². The molecule has 3 atom stereocenters. The fourth-order valence-electron chi connectivity index (χ4n) is 5.29. The number of alkyl halides is 1. The molecule has 2 aromatic rings. The van der Waals surface area contributed by atoms with Crippen LogP contribution in [0, 0.1) is 5.82 Å². The third-order valence-electron chi connectivity index (χ3n) is 7.75. The van der Waals surface area contributed by atoms with E-state index in [0.29, 0.717) is 37.3 Å². The Morgan fingerprint density at radius 3 is 2.41 bits per heavy atom. The Morgan fingerprint density at radius 2 is 1.74 bits per heavy atom. The summed E-state index contributed by atoms with van der Waals surface area (Å²) in [6, 6.07) is 12.4. The van der Waals surface area contributed by atoms with Crippen LogP contribution in [0.1, 0.15) is 47.9 Å². The van der Waals surface area contributed by atoms with E-state index in [0.717, 1.165) is 23.3 Å². The van der Waals surface area contributed by atoms with Crippen LogP contribution in [0.5, 0.6) is 0 Å². The van der Waals surface area contributed by atoms with Gasteiger partial charge in [0.15, 0.2) is 6.61 Å². The van der Waals surface area contributed by atoms with Gasteiger partial charge in [0, 0.05) is 32.6 Å². The fourth-order valence-corrected chi connectivity index (χ4v) is 5.29. The molecule has 2 aliphatic heterocycles. The predicted octanol–water partition coefficient (Wildman–Crippen LogP) is 3.23. The largest absolute Gasteiger partial charge is 0.439 e. The number of ether oxygens (including phenoxy) is 1. The number of nitrogens with zero attached hydrogens (tertiary/aromatic N) is 3. The molecule has 3 amide bonds. The van der Waals surface area contributed by atoms with Gasteiger partial charge in [-0.1, -0.05) is 42.5 Å². The minimum absolute atomic E-state index is 0.166. The summed E-state index contributed by atoms with van der Waals surface area (Å²) in [7, 11) is 1.96. The summed E-state index contributed by atoms with van der Waals surface area (Å²) >= 11 is 0. The van der Waals surface area contributed by atoms with Crippen molar-refractivity contribution >= 4 is 17.9 Å². The van der Waals surface area contributed by atoms with Crippen LogP contribution in [0.4, 0.5) is 13.6 Å². The molecule has 10 heteroatoms. The lowest BCUT2D eigenvalue weighted by Crippen LogP contribution is -2.50.